The molecule has 10 nitrogen and oxygen atoms in total. The summed E-state index contributed by atoms with van der Waals surface area (Å²) in [7, 11) is -2.13. The summed E-state index contributed by atoms with van der Waals surface area (Å²) in [6.45, 7) is 0.929. The van der Waals surface area contributed by atoms with Gasteiger partial charge in [-0.15, -0.1) is 11.3 Å². The number of rotatable bonds is 6. The molecule has 212 valence electrons. The van der Waals surface area contributed by atoms with Crippen molar-refractivity contribution in [3.63, 3.8) is 0 Å². The fraction of sp³-hybridized carbons (Fsp3) is 0.259. The summed E-state index contributed by atoms with van der Waals surface area (Å²) in [4.78, 5) is 45.6. The second kappa shape index (κ2) is 10.7. The molecule has 1 aromatic heterocycles. The van der Waals surface area contributed by atoms with E-state index in [4.69, 9.17) is 23.2 Å². The van der Waals surface area contributed by atoms with Gasteiger partial charge in [0, 0.05) is 52.9 Å². The van der Waals surface area contributed by atoms with Crippen LogP contribution in [0.25, 0.3) is 0 Å². The lowest BCUT2D eigenvalue weighted by atomic mass is 9.80. The van der Waals surface area contributed by atoms with Crippen LogP contribution in [0.4, 0.5) is 10.5 Å². The van der Waals surface area contributed by atoms with Gasteiger partial charge in [-0.05, 0) is 42.0 Å². The van der Waals surface area contributed by atoms with Crippen molar-refractivity contribution in [2.75, 3.05) is 31.3 Å². The number of hydrogen-bond donors (Lipinski definition) is 1. The summed E-state index contributed by atoms with van der Waals surface area (Å²) >= 11 is 13.7. The lowest BCUT2D eigenvalue weighted by Crippen LogP contribution is -2.53. The van der Waals surface area contributed by atoms with Crippen LogP contribution in [0.2, 0.25) is 10.0 Å². The first-order chi connectivity index (χ1) is 19.3. The highest BCUT2D eigenvalue weighted by Crippen LogP contribution is 2.47. The molecule has 0 saturated carbocycles. The van der Waals surface area contributed by atoms with Gasteiger partial charge in [-0.1, -0.05) is 35.3 Å². The third-order valence-electron chi connectivity index (χ3n) is 7.25. The molecule has 41 heavy (non-hydrogen) atoms. The van der Waals surface area contributed by atoms with Gasteiger partial charge in [-0.25, -0.2) is 22.8 Å². The van der Waals surface area contributed by atoms with E-state index in [0.29, 0.717) is 18.7 Å². The van der Waals surface area contributed by atoms with Gasteiger partial charge in [0.15, 0.2) is 0 Å². The van der Waals surface area contributed by atoms with Crippen molar-refractivity contribution >= 4 is 68.1 Å². The van der Waals surface area contributed by atoms with E-state index < -0.39 is 39.3 Å². The van der Waals surface area contributed by atoms with Crippen LogP contribution in [0, 0.1) is 11.3 Å². The number of likely N-dealkylation sites (tertiary alicyclic amines) is 1. The van der Waals surface area contributed by atoms with Gasteiger partial charge in [-0.2, -0.15) is 5.26 Å². The minimum atomic E-state index is -3.72. The predicted octanol–water partition coefficient (Wildman–Crippen LogP) is 4.05. The van der Waals surface area contributed by atoms with Crippen molar-refractivity contribution in [2.24, 2.45) is 0 Å². The number of likely N-dealkylation sites (N-methyl/N-ethyl adjacent to an activating group) is 1. The topological polar surface area (TPSA) is 131 Å². The van der Waals surface area contributed by atoms with Crippen LogP contribution in [0.3, 0.4) is 0 Å². The van der Waals surface area contributed by atoms with Crippen molar-refractivity contribution in [1.29, 1.82) is 5.26 Å². The van der Waals surface area contributed by atoms with E-state index in [1.54, 1.807) is 42.8 Å². The van der Waals surface area contributed by atoms with Crippen molar-refractivity contribution in [1.82, 2.24) is 14.5 Å². The third kappa shape index (κ3) is 5.43. The standard InChI is InChI=1S/C27H23Cl2N5O5S2/c1-32-26(37)34(21-9-19(28)8-20(29)10-21)25(36)27(32)15-33(13-23(27)17-5-3-16(11-30)4-6-17)12-22-7-18(14-40-22)24(35)31-41(2,38)39/h3-10,14,23H,12-13,15H2,1-2H3,(H,31,35). The van der Waals surface area contributed by atoms with E-state index in [1.165, 1.54) is 34.4 Å². The first-order valence-electron chi connectivity index (χ1n) is 12.2. The minimum Gasteiger partial charge on any atom is -0.310 e. The van der Waals surface area contributed by atoms with Crippen LogP contribution >= 0.6 is 34.5 Å². The molecule has 2 aliphatic heterocycles. The zero-order valence-electron chi connectivity index (χ0n) is 21.8. The molecular weight excluding hydrogens is 609 g/mol. The maximum absolute atomic E-state index is 14.3. The molecule has 3 heterocycles. The van der Waals surface area contributed by atoms with Crippen LogP contribution in [0.15, 0.2) is 53.9 Å². The Hall–Kier alpha value is -3.47. The van der Waals surface area contributed by atoms with Crippen molar-refractivity contribution in [2.45, 2.75) is 18.0 Å². The molecule has 14 heteroatoms. The smallest absolute Gasteiger partial charge is 0.310 e. The lowest BCUT2D eigenvalue weighted by molar-refractivity contribution is -0.124. The summed E-state index contributed by atoms with van der Waals surface area (Å²) in [5.74, 6) is -1.61. The number of carbonyl (C=O) groups is 3. The number of nitrogens with zero attached hydrogens (tertiary/aromatic N) is 4. The number of amides is 4. The molecule has 4 amide bonds. The normalized spacial score (nSPS) is 21.1. The Morgan fingerprint density at radius 1 is 1.15 bits per heavy atom. The van der Waals surface area contributed by atoms with Gasteiger partial charge in [0.1, 0.15) is 5.54 Å². The van der Waals surface area contributed by atoms with Crippen LogP contribution in [-0.4, -0.2) is 68.0 Å². The van der Waals surface area contributed by atoms with Crippen molar-refractivity contribution in [3.8, 4) is 6.07 Å². The molecule has 2 saturated heterocycles. The Kier molecular flexibility index (Phi) is 7.61. The number of carbonyl (C=O) groups excluding carboxylic acids is 3. The van der Waals surface area contributed by atoms with Gasteiger partial charge in [-0.3, -0.25) is 14.5 Å². The molecule has 1 spiro atoms. The molecule has 0 bridgehead atoms. The minimum absolute atomic E-state index is 0.187. The highest BCUT2D eigenvalue weighted by atomic mass is 35.5. The molecule has 2 fully saturated rings. The SMILES string of the molecule is CN1C(=O)N(c2cc(Cl)cc(Cl)c2)C(=O)C12CN(Cc1cc(C(=O)NS(C)(=O)=O)cs1)CC2c1ccc(C#N)cc1. The quantitative estimate of drug-likeness (QED) is 0.406. The average Bonchev–Trinajstić information content (AvgIpc) is 3.56. The largest absolute Gasteiger partial charge is 0.332 e. The molecule has 0 aliphatic carbocycles. The molecule has 2 aromatic carbocycles. The summed E-state index contributed by atoms with van der Waals surface area (Å²) in [6.07, 6.45) is 0.905. The fourth-order valence-electron chi connectivity index (χ4n) is 5.44. The van der Waals surface area contributed by atoms with Crippen LogP contribution in [0.1, 0.15) is 32.3 Å². The summed E-state index contributed by atoms with van der Waals surface area (Å²) in [6, 6.07) is 14.6. The van der Waals surface area contributed by atoms with E-state index >= 15 is 0 Å². The van der Waals surface area contributed by atoms with E-state index in [9.17, 15) is 28.1 Å². The molecule has 2 aliphatic rings. The monoisotopic (exact) mass is 631 g/mol. The number of halogens is 2. The number of benzene rings is 2. The summed E-state index contributed by atoms with van der Waals surface area (Å²) in [5.41, 5.74) is 0.436. The number of anilines is 1. The van der Waals surface area contributed by atoms with Gasteiger partial charge in [0.25, 0.3) is 11.8 Å². The van der Waals surface area contributed by atoms with Gasteiger partial charge >= 0.3 is 6.03 Å². The second-order valence-corrected chi connectivity index (χ2v) is 13.6. The van der Waals surface area contributed by atoms with Gasteiger partial charge in [0.05, 0.1) is 29.1 Å². The fourth-order valence-corrected chi connectivity index (χ4v) is 7.32. The third-order valence-corrected chi connectivity index (χ3v) is 9.17. The van der Waals surface area contributed by atoms with Crippen molar-refractivity contribution < 1.29 is 22.8 Å². The van der Waals surface area contributed by atoms with Crippen LogP contribution in [-0.2, 0) is 21.4 Å². The van der Waals surface area contributed by atoms with E-state index in [-0.39, 0.29) is 27.8 Å². The molecule has 5 rings (SSSR count). The average molecular weight is 633 g/mol. The zero-order chi connectivity index (χ0) is 29.7. The number of nitriles is 1. The number of nitrogens with one attached hydrogen (secondary N) is 1. The Morgan fingerprint density at radius 2 is 1.80 bits per heavy atom. The Bertz CT molecular complexity index is 1700. The maximum Gasteiger partial charge on any atom is 0.332 e. The maximum atomic E-state index is 14.3. The number of urea groups is 1. The Morgan fingerprint density at radius 3 is 2.41 bits per heavy atom. The molecule has 2 atom stereocenters. The zero-order valence-corrected chi connectivity index (χ0v) is 24.9. The molecule has 3 aromatic rings. The molecule has 1 N–H and O–H groups in total. The van der Waals surface area contributed by atoms with E-state index in [0.717, 1.165) is 21.6 Å². The molecule has 0 radical (unpaired) electrons. The molecule has 2 unspecified atom stereocenters. The lowest BCUT2D eigenvalue weighted by Gasteiger charge is -2.34. The first kappa shape index (κ1) is 29.0. The summed E-state index contributed by atoms with van der Waals surface area (Å²) < 4.78 is 24.9. The van der Waals surface area contributed by atoms with Crippen molar-refractivity contribution in [3.05, 3.63) is 85.5 Å². The van der Waals surface area contributed by atoms with E-state index in [2.05, 4.69) is 6.07 Å². The summed E-state index contributed by atoms with van der Waals surface area (Å²) in [5, 5.41) is 11.4. The second-order valence-electron chi connectivity index (χ2n) is 10.00. The Labute approximate surface area is 250 Å². The number of imide groups is 1. The highest BCUT2D eigenvalue weighted by Gasteiger charge is 2.64. The van der Waals surface area contributed by atoms with E-state index in [1.807, 2.05) is 9.62 Å². The number of thiophene rings is 1. The number of sulfonamides is 1. The predicted molar refractivity (Wildman–Crippen MR) is 156 cm³/mol. The first-order valence-corrected chi connectivity index (χ1v) is 15.8. The Balaban J connectivity index is 1.51. The van der Waals surface area contributed by atoms with Crippen LogP contribution < -0.4 is 9.62 Å². The highest BCUT2D eigenvalue weighted by molar-refractivity contribution is 7.89. The van der Waals surface area contributed by atoms with Gasteiger partial charge < -0.3 is 4.90 Å². The van der Waals surface area contributed by atoms with Gasteiger partial charge in [0.2, 0.25) is 10.0 Å². The van der Waals surface area contributed by atoms with Crippen LogP contribution in [0.5, 0.6) is 0 Å². The number of hydrogen-bond acceptors (Lipinski definition) is 8. The molecular formula is C27H23Cl2N5O5S2.